The summed E-state index contributed by atoms with van der Waals surface area (Å²) in [6.45, 7) is 0. The van der Waals surface area contributed by atoms with E-state index in [0.717, 1.165) is 66.8 Å². The van der Waals surface area contributed by atoms with Gasteiger partial charge in [-0.2, -0.15) is 0 Å². The highest BCUT2D eigenvalue weighted by atomic mass is 19.1. The summed E-state index contributed by atoms with van der Waals surface area (Å²) in [5.74, 6) is -1.54. The van der Waals surface area contributed by atoms with Crippen molar-refractivity contribution in [2.45, 2.75) is 5.41 Å². The molecule has 1 nitrogen and oxygen atoms in total. The molecule has 0 aliphatic heterocycles. The predicted octanol–water partition coefficient (Wildman–Crippen LogP) is 16.1. The van der Waals surface area contributed by atoms with E-state index in [0.29, 0.717) is 22.3 Å². The molecule has 0 heterocycles. The van der Waals surface area contributed by atoms with Crippen LogP contribution in [0.4, 0.5) is 30.2 Å². The summed E-state index contributed by atoms with van der Waals surface area (Å²) < 4.78 is 50.9. The molecule has 10 aromatic rings. The number of halogens is 3. The van der Waals surface area contributed by atoms with Gasteiger partial charge in [-0.25, -0.2) is 13.2 Å². The lowest BCUT2D eigenvalue weighted by Crippen LogP contribution is -2.30. The third kappa shape index (κ3) is 5.51. The fraction of sp³-hybridized carbons (Fsp3) is 0.0169. The molecule has 0 atom stereocenters. The summed E-state index contributed by atoms with van der Waals surface area (Å²) in [7, 11) is 0. The van der Waals surface area contributed by atoms with Crippen molar-refractivity contribution < 1.29 is 13.2 Å². The van der Waals surface area contributed by atoms with Crippen LogP contribution in [0.25, 0.3) is 66.4 Å². The van der Waals surface area contributed by atoms with Crippen molar-refractivity contribution in [3.8, 4) is 55.6 Å². The molecule has 0 radical (unpaired) electrons. The average Bonchev–Trinajstić information content (AvgIpc) is 3.81. The Morgan fingerprint density at radius 1 is 0.286 bits per heavy atom. The van der Waals surface area contributed by atoms with Crippen molar-refractivity contribution >= 4 is 27.8 Å². The number of hydrogen-bond donors (Lipinski definition) is 0. The normalized spacial score (nSPS) is 12.8. The number of hydrogen-bond acceptors (Lipinski definition) is 1. The molecule has 298 valence electrons. The van der Waals surface area contributed by atoms with Crippen molar-refractivity contribution in [2.24, 2.45) is 0 Å². The molecule has 63 heavy (non-hydrogen) atoms. The largest absolute Gasteiger partial charge is 0.310 e. The van der Waals surface area contributed by atoms with Gasteiger partial charge in [0.1, 0.15) is 17.5 Å². The fourth-order valence-electron chi connectivity index (χ4n) is 10.5. The first-order valence-electron chi connectivity index (χ1n) is 21.2. The maximum absolute atomic E-state index is 17.0. The molecule has 4 heteroatoms. The molecular weight excluding hydrogens is 780 g/mol. The first-order chi connectivity index (χ1) is 31.0. The van der Waals surface area contributed by atoms with Gasteiger partial charge in [-0.1, -0.05) is 164 Å². The zero-order valence-electron chi connectivity index (χ0n) is 33.9. The van der Waals surface area contributed by atoms with Crippen molar-refractivity contribution in [1.29, 1.82) is 0 Å². The molecule has 2 aliphatic rings. The second kappa shape index (κ2) is 14.3. The maximum atomic E-state index is 17.0. The van der Waals surface area contributed by atoms with Gasteiger partial charge in [-0.15, -0.1) is 0 Å². The molecule has 1 spiro atoms. The summed E-state index contributed by atoms with van der Waals surface area (Å²) in [6.07, 6.45) is 0. The molecule has 0 bridgehead atoms. The van der Waals surface area contributed by atoms with Crippen LogP contribution >= 0.6 is 0 Å². The zero-order chi connectivity index (χ0) is 42.2. The Morgan fingerprint density at radius 2 is 0.730 bits per heavy atom. The van der Waals surface area contributed by atoms with Crippen LogP contribution < -0.4 is 4.90 Å². The third-order valence-electron chi connectivity index (χ3n) is 13.0. The standard InChI is InChI=1S/C59H36F3N/c60-52-27-11-24-47-46-22-10-23-50(55(46)59(56(47)52)57-48(25-12-28-53(57)61)49-26-13-29-54(62)58(49)59)51-36-44(35-41-18-7-8-21-45(41)51)63(42-32-30-39(31-33-42)37-14-3-1-4-15-37)43-20-9-19-40(34-43)38-16-5-2-6-17-38/h1-36H. The SMILES string of the molecule is Fc1cccc2c1C1(c3c(F)cccc3-2)c2c(F)cccc2-c2cccc(-c3cc(N(c4ccc(-c5ccccc5)cc4)c4cccc(-c5ccccc5)c4)cc4ccccc34)c21. The highest BCUT2D eigenvalue weighted by molar-refractivity contribution is 6.06. The lowest BCUT2D eigenvalue weighted by molar-refractivity contribution is 0.543. The van der Waals surface area contributed by atoms with E-state index in [1.165, 1.54) is 18.2 Å². The van der Waals surface area contributed by atoms with Crippen LogP contribution in [-0.2, 0) is 5.41 Å². The highest BCUT2D eigenvalue weighted by Gasteiger charge is 2.57. The quantitative estimate of drug-likeness (QED) is 0.162. The van der Waals surface area contributed by atoms with Crippen LogP contribution in [-0.4, -0.2) is 0 Å². The van der Waals surface area contributed by atoms with Crippen LogP contribution in [0, 0.1) is 17.5 Å². The second-order valence-corrected chi connectivity index (χ2v) is 16.3. The second-order valence-electron chi connectivity index (χ2n) is 16.3. The van der Waals surface area contributed by atoms with Crippen LogP contribution in [0.15, 0.2) is 218 Å². The minimum atomic E-state index is -1.62. The molecule has 0 saturated heterocycles. The minimum absolute atomic E-state index is 0.265. The van der Waals surface area contributed by atoms with E-state index in [1.54, 1.807) is 18.2 Å². The van der Waals surface area contributed by atoms with Crippen LogP contribution in [0.2, 0.25) is 0 Å². The van der Waals surface area contributed by atoms with Gasteiger partial charge >= 0.3 is 0 Å². The molecule has 0 fully saturated rings. The summed E-state index contributed by atoms with van der Waals surface area (Å²) >= 11 is 0. The Hall–Kier alpha value is -7.95. The fourth-order valence-corrected chi connectivity index (χ4v) is 10.5. The van der Waals surface area contributed by atoms with Gasteiger partial charge < -0.3 is 4.90 Å². The molecule has 10 aromatic carbocycles. The third-order valence-corrected chi connectivity index (χ3v) is 13.0. The summed E-state index contributed by atoms with van der Waals surface area (Å²) in [5.41, 5.74) is 11.1. The molecular formula is C59H36F3N. The van der Waals surface area contributed by atoms with E-state index in [4.69, 9.17) is 0 Å². The maximum Gasteiger partial charge on any atom is 0.128 e. The van der Waals surface area contributed by atoms with E-state index in [2.05, 4.69) is 102 Å². The van der Waals surface area contributed by atoms with E-state index in [1.807, 2.05) is 84.9 Å². The summed E-state index contributed by atoms with van der Waals surface area (Å²) in [4.78, 5) is 2.27. The van der Waals surface area contributed by atoms with Crippen molar-refractivity contribution in [1.82, 2.24) is 0 Å². The van der Waals surface area contributed by atoms with Gasteiger partial charge in [0.25, 0.3) is 0 Å². The Balaban J connectivity index is 1.15. The lowest BCUT2D eigenvalue weighted by atomic mass is 9.68. The van der Waals surface area contributed by atoms with Gasteiger partial charge in [-0.3, -0.25) is 0 Å². The van der Waals surface area contributed by atoms with Gasteiger partial charge in [0.2, 0.25) is 0 Å². The van der Waals surface area contributed by atoms with E-state index < -0.39 is 22.9 Å². The first-order valence-corrected chi connectivity index (χ1v) is 21.2. The number of nitrogens with zero attached hydrogens (tertiary/aromatic N) is 1. The number of anilines is 3. The molecule has 0 aromatic heterocycles. The predicted molar refractivity (Wildman–Crippen MR) is 251 cm³/mol. The lowest BCUT2D eigenvalue weighted by Gasteiger charge is -2.33. The number of fused-ring (bicyclic) bond motifs is 11. The van der Waals surface area contributed by atoms with E-state index in [-0.39, 0.29) is 16.7 Å². The first kappa shape index (κ1) is 36.9. The average molecular weight is 816 g/mol. The highest BCUT2D eigenvalue weighted by Crippen LogP contribution is 2.66. The molecule has 0 unspecified atom stereocenters. The molecule has 0 amide bonds. The summed E-state index contributed by atoms with van der Waals surface area (Å²) in [5, 5.41) is 1.94. The number of benzene rings is 10. The Kier molecular flexibility index (Phi) is 8.38. The molecule has 0 N–H and O–H groups in total. The Labute approximate surface area is 363 Å². The topological polar surface area (TPSA) is 3.24 Å². The number of rotatable bonds is 6. The minimum Gasteiger partial charge on any atom is -0.310 e. The van der Waals surface area contributed by atoms with Crippen LogP contribution in [0.5, 0.6) is 0 Å². The van der Waals surface area contributed by atoms with Gasteiger partial charge in [0.15, 0.2) is 0 Å². The van der Waals surface area contributed by atoms with Gasteiger partial charge in [0, 0.05) is 33.8 Å². The van der Waals surface area contributed by atoms with Crippen molar-refractivity contribution in [2.75, 3.05) is 4.90 Å². The summed E-state index contributed by atoms with van der Waals surface area (Å²) in [6, 6.07) is 71.2. The van der Waals surface area contributed by atoms with Crippen molar-refractivity contribution in [3.05, 3.63) is 258 Å². The van der Waals surface area contributed by atoms with Crippen LogP contribution in [0.3, 0.4) is 0 Å². The molecule has 12 rings (SSSR count). The van der Waals surface area contributed by atoms with Gasteiger partial charge in [0.05, 0.1) is 5.41 Å². The zero-order valence-corrected chi connectivity index (χ0v) is 33.9. The van der Waals surface area contributed by atoms with Crippen molar-refractivity contribution in [3.63, 3.8) is 0 Å². The van der Waals surface area contributed by atoms with E-state index in [9.17, 15) is 0 Å². The molecule has 2 aliphatic carbocycles. The Bertz CT molecular complexity index is 3350. The molecule has 0 saturated carbocycles. The van der Waals surface area contributed by atoms with Crippen LogP contribution in [0.1, 0.15) is 22.3 Å². The van der Waals surface area contributed by atoms with E-state index >= 15 is 13.2 Å². The Morgan fingerprint density at radius 3 is 1.32 bits per heavy atom. The van der Waals surface area contributed by atoms with Gasteiger partial charge in [-0.05, 0) is 127 Å². The monoisotopic (exact) mass is 815 g/mol. The smallest absolute Gasteiger partial charge is 0.128 e.